The zero-order valence-corrected chi connectivity index (χ0v) is 21.3. The Kier molecular flexibility index (Phi) is 8.67. The van der Waals surface area contributed by atoms with Gasteiger partial charge in [-0.3, -0.25) is 4.79 Å². The van der Waals surface area contributed by atoms with Crippen LogP contribution in [-0.4, -0.2) is 5.78 Å². The molecule has 1 heteroatoms. The van der Waals surface area contributed by atoms with E-state index in [4.69, 9.17) is 0 Å². The Hall–Kier alpha value is -2.67. The Morgan fingerprint density at radius 1 is 1.00 bits per heavy atom. The van der Waals surface area contributed by atoms with Crippen LogP contribution in [-0.2, 0) is 12.8 Å². The number of aryl methyl sites for hydroxylation is 1. The van der Waals surface area contributed by atoms with Gasteiger partial charge in [-0.05, 0) is 91.5 Å². The molecular formula is C32H40O. The highest BCUT2D eigenvalue weighted by Gasteiger charge is 2.20. The molecule has 174 valence electrons. The summed E-state index contributed by atoms with van der Waals surface area (Å²) in [5, 5.41) is 0. The summed E-state index contributed by atoms with van der Waals surface area (Å²) in [6.45, 7) is 14.4. The minimum absolute atomic E-state index is 0.137. The summed E-state index contributed by atoms with van der Waals surface area (Å²) in [6, 6.07) is 12.6. The van der Waals surface area contributed by atoms with Gasteiger partial charge in [0.05, 0.1) is 0 Å². The van der Waals surface area contributed by atoms with Crippen molar-refractivity contribution in [2.75, 3.05) is 0 Å². The first-order valence-corrected chi connectivity index (χ1v) is 12.6. The Labute approximate surface area is 201 Å². The molecule has 33 heavy (non-hydrogen) atoms. The fourth-order valence-corrected chi connectivity index (χ4v) is 5.15. The molecule has 2 aromatic carbocycles. The molecule has 0 saturated heterocycles. The predicted molar refractivity (Wildman–Crippen MR) is 144 cm³/mol. The second-order valence-electron chi connectivity index (χ2n) is 9.70. The van der Waals surface area contributed by atoms with Crippen LogP contribution in [0.3, 0.4) is 0 Å². The van der Waals surface area contributed by atoms with Gasteiger partial charge in [0, 0.05) is 5.56 Å². The molecule has 1 nitrogen and oxygen atoms in total. The minimum Gasteiger partial charge on any atom is -0.289 e. The maximum Gasteiger partial charge on any atom is 0.189 e. The van der Waals surface area contributed by atoms with Crippen molar-refractivity contribution in [3.8, 4) is 0 Å². The second-order valence-corrected chi connectivity index (χ2v) is 9.70. The SMILES string of the molecule is C=C(C)c1ccc(C(=C\C)/C=C(\C)C(=O)c2ccc(CC)c(CC3CCCCC3)c2C)cc1. The molecule has 1 aliphatic carbocycles. The average molecular weight is 441 g/mol. The van der Waals surface area contributed by atoms with E-state index in [9.17, 15) is 4.79 Å². The summed E-state index contributed by atoms with van der Waals surface area (Å²) in [5.41, 5.74) is 10.0. The van der Waals surface area contributed by atoms with Crippen molar-refractivity contribution < 1.29 is 4.79 Å². The summed E-state index contributed by atoms with van der Waals surface area (Å²) >= 11 is 0. The lowest BCUT2D eigenvalue weighted by atomic mass is 9.81. The van der Waals surface area contributed by atoms with Gasteiger partial charge in [0.2, 0.25) is 0 Å². The lowest BCUT2D eigenvalue weighted by Crippen LogP contribution is -2.14. The molecule has 0 N–H and O–H groups in total. The molecule has 0 bridgehead atoms. The fraction of sp³-hybridized carbons (Fsp3) is 0.406. The van der Waals surface area contributed by atoms with E-state index in [-0.39, 0.29) is 5.78 Å². The summed E-state index contributed by atoms with van der Waals surface area (Å²) in [7, 11) is 0. The van der Waals surface area contributed by atoms with E-state index in [0.29, 0.717) is 0 Å². The Bertz CT molecular complexity index is 1060. The highest BCUT2D eigenvalue weighted by Crippen LogP contribution is 2.31. The van der Waals surface area contributed by atoms with E-state index < -0.39 is 0 Å². The number of carbonyl (C=O) groups is 1. The van der Waals surface area contributed by atoms with Gasteiger partial charge in [-0.25, -0.2) is 0 Å². The van der Waals surface area contributed by atoms with Crippen LogP contribution in [0.4, 0.5) is 0 Å². The monoisotopic (exact) mass is 440 g/mol. The smallest absolute Gasteiger partial charge is 0.189 e. The maximum atomic E-state index is 13.5. The molecule has 0 unspecified atom stereocenters. The fourth-order valence-electron chi connectivity index (χ4n) is 5.15. The predicted octanol–water partition coefficient (Wildman–Crippen LogP) is 8.95. The van der Waals surface area contributed by atoms with Crippen LogP contribution in [0.5, 0.6) is 0 Å². The topological polar surface area (TPSA) is 17.1 Å². The molecule has 1 aliphatic rings. The van der Waals surface area contributed by atoms with Crippen LogP contribution in [0, 0.1) is 12.8 Å². The van der Waals surface area contributed by atoms with Gasteiger partial charge in [-0.2, -0.15) is 0 Å². The number of rotatable bonds is 8. The van der Waals surface area contributed by atoms with Crippen molar-refractivity contribution >= 4 is 16.9 Å². The normalized spacial score (nSPS) is 15.5. The zero-order chi connectivity index (χ0) is 24.0. The van der Waals surface area contributed by atoms with Crippen LogP contribution < -0.4 is 0 Å². The zero-order valence-electron chi connectivity index (χ0n) is 21.3. The van der Waals surface area contributed by atoms with Crippen LogP contribution in [0.25, 0.3) is 11.1 Å². The van der Waals surface area contributed by atoms with Crippen molar-refractivity contribution in [3.63, 3.8) is 0 Å². The van der Waals surface area contributed by atoms with Gasteiger partial charge in [0.1, 0.15) is 0 Å². The van der Waals surface area contributed by atoms with E-state index in [1.165, 1.54) is 48.8 Å². The van der Waals surface area contributed by atoms with Gasteiger partial charge in [-0.1, -0.05) is 93.7 Å². The van der Waals surface area contributed by atoms with Gasteiger partial charge < -0.3 is 0 Å². The number of ketones is 1. The number of allylic oxidation sites excluding steroid dienone is 5. The molecule has 1 fully saturated rings. The quantitative estimate of drug-likeness (QED) is 0.227. The number of benzene rings is 2. The first-order valence-electron chi connectivity index (χ1n) is 12.6. The van der Waals surface area contributed by atoms with Crippen molar-refractivity contribution in [2.24, 2.45) is 5.92 Å². The van der Waals surface area contributed by atoms with Gasteiger partial charge >= 0.3 is 0 Å². The van der Waals surface area contributed by atoms with E-state index in [1.54, 1.807) is 0 Å². The first-order chi connectivity index (χ1) is 15.8. The third-order valence-electron chi connectivity index (χ3n) is 7.29. The standard InChI is InChI=1S/C32H40O/c1-7-26-18-19-30(24(6)31(26)21-25-12-10-9-11-13-25)32(33)23(5)20-27(8-2)29-16-14-28(15-17-29)22(3)4/h8,14-20,25H,3,7,9-13,21H2,1-2,4-6H3/b23-20+,27-8-. The summed E-state index contributed by atoms with van der Waals surface area (Å²) in [5.74, 6) is 0.902. The van der Waals surface area contributed by atoms with Crippen LogP contribution in [0.1, 0.15) is 98.0 Å². The number of carbonyl (C=O) groups excluding carboxylic acids is 1. The minimum atomic E-state index is 0.137. The van der Waals surface area contributed by atoms with E-state index in [0.717, 1.165) is 52.2 Å². The highest BCUT2D eigenvalue weighted by molar-refractivity contribution is 6.10. The molecule has 0 spiro atoms. The van der Waals surface area contributed by atoms with Gasteiger partial charge in [-0.15, -0.1) is 0 Å². The molecule has 0 amide bonds. The van der Waals surface area contributed by atoms with Gasteiger partial charge in [0.15, 0.2) is 5.78 Å². The van der Waals surface area contributed by atoms with Crippen LogP contribution >= 0.6 is 0 Å². The van der Waals surface area contributed by atoms with Crippen molar-refractivity contribution in [2.45, 2.75) is 79.6 Å². The maximum absolute atomic E-state index is 13.5. The van der Waals surface area contributed by atoms with Crippen LogP contribution in [0.15, 0.2) is 60.7 Å². The summed E-state index contributed by atoms with van der Waals surface area (Å²) < 4.78 is 0. The first kappa shape index (κ1) is 25.0. The molecule has 2 aromatic rings. The molecule has 0 radical (unpaired) electrons. The third-order valence-corrected chi connectivity index (χ3v) is 7.29. The summed E-state index contributed by atoms with van der Waals surface area (Å²) in [4.78, 5) is 13.5. The van der Waals surface area contributed by atoms with Crippen molar-refractivity contribution in [1.82, 2.24) is 0 Å². The highest BCUT2D eigenvalue weighted by atomic mass is 16.1. The molecular weight excluding hydrogens is 400 g/mol. The van der Waals surface area contributed by atoms with Crippen molar-refractivity contribution in [1.29, 1.82) is 0 Å². The van der Waals surface area contributed by atoms with E-state index in [2.05, 4.69) is 62.9 Å². The number of Topliss-reactive ketones (excluding diaryl/α,β-unsaturated/α-hetero) is 1. The number of hydrogen-bond acceptors (Lipinski definition) is 1. The van der Waals surface area contributed by atoms with E-state index >= 15 is 0 Å². The molecule has 0 heterocycles. The molecule has 0 aliphatic heterocycles. The second kappa shape index (κ2) is 11.5. The van der Waals surface area contributed by atoms with Crippen molar-refractivity contribution in [3.05, 3.63) is 94.1 Å². The Balaban J connectivity index is 1.88. The Morgan fingerprint density at radius 3 is 2.21 bits per heavy atom. The molecule has 1 saturated carbocycles. The molecule has 3 rings (SSSR count). The molecule has 0 atom stereocenters. The third kappa shape index (κ3) is 6.02. The summed E-state index contributed by atoms with van der Waals surface area (Å²) in [6.07, 6.45) is 13.0. The lowest BCUT2D eigenvalue weighted by Gasteiger charge is -2.24. The largest absolute Gasteiger partial charge is 0.289 e. The Morgan fingerprint density at radius 2 is 1.64 bits per heavy atom. The average Bonchev–Trinajstić information content (AvgIpc) is 2.83. The number of hydrogen-bond donors (Lipinski definition) is 0. The molecule has 0 aromatic heterocycles. The lowest BCUT2D eigenvalue weighted by molar-refractivity contribution is 0.103. The van der Waals surface area contributed by atoms with Gasteiger partial charge in [0.25, 0.3) is 0 Å². The van der Waals surface area contributed by atoms with Crippen LogP contribution in [0.2, 0.25) is 0 Å². The van der Waals surface area contributed by atoms with E-state index in [1.807, 2.05) is 26.8 Å².